The second-order valence-electron chi connectivity index (χ2n) is 5.34. The molecular weight excluding hydrogens is 282 g/mol. The lowest BCUT2D eigenvalue weighted by Crippen LogP contribution is -2.35. The van der Waals surface area contributed by atoms with Gasteiger partial charge in [0.15, 0.2) is 0 Å². The van der Waals surface area contributed by atoms with Crippen LogP contribution in [0.3, 0.4) is 0 Å². The monoisotopic (exact) mass is 309 g/mol. The highest BCUT2D eigenvalue weighted by Crippen LogP contribution is 2.16. The van der Waals surface area contributed by atoms with Gasteiger partial charge in [-0.25, -0.2) is 0 Å². The molecule has 0 radical (unpaired) electrons. The number of allylic oxidation sites excluding steroid dienone is 1. The van der Waals surface area contributed by atoms with Crippen molar-refractivity contribution in [3.05, 3.63) is 41.9 Å². The first kappa shape index (κ1) is 18.1. The van der Waals surface area contributed by atoms with E-state index in [1.165, 1.54) is 19.3 Å². The quantitative estimate of drug-likeness (QED) is 0.422. The van der Waals surface area contributed by atoms with Crippen LogP contribution in [0, 0.1) is 0 Å². The summed E-state index contributed by atoms with van der Waals surface area (Å²) in [5, 5.41) is 4.31. The van der Waals surface area contributed by atoms with E-state index < -0.39 is 0 Å². The van der Waals surface area contributed by atoms with Crippen LogP contribution in [0.4, 0.5) is 0 Å². The van der Waals surface area contributed by atoms with E-state index in [4.69, 9.17) is 16.3 Å². The zero-order chi connectivity index (χ0) is 15.3. The Kier molecular flexibility index (Phi) is 10.0. The lowest BCUT2D eigenvalue weighted by atomic mass is 10.1. The fraction of sp³-hybridized carbons (Fsp3) is 0.556. The molecule has 0 aromatic heterocycles. The van der Waals surface area contributed by atoms with E-state index in [1.807, 2.05) is 30.3 Å². The number of halogens is 1. The van der Waals surface area contributed by atoms with Gasteiger partial charge in [0, 0.05) is 11.1 Å². The third-order valence-electron chi connectivity index (χ3n) is 3.41. The molecular formula is C18H28ClNO. The second kappa shape index (κ2) is 11.6. The molecule has 1 aromatic rings. The third kappa shape index (κ3) is 8.79. The van der Waals surface area contributed by atoms with Crippen LogP contribution in [0.1, 0.15) is 45.4 Å². The molecule has 1 atom stereocenters. The van der Waals surface area contributed by atoms with Gasteiger partial charge in [-0.3, -0.25) is 0 Å². The van der Waals surface area contributed by atoms with Gasteiger partial charge in [-0.05, 0) is 56.5 Å². The second-order valence-corrected chi connectivity index (χ2v) is 5.78. The summed E-state index contributed by atoms with van der Waals surface area (Å²) in [6.07, 6.45) is 9.15. The van der Waals surface area contributed by atoms with Gasteiger partial charge in [-0.2, -0.15) is 0 Å². The number of rotatable bonds is 12. The summed E-state index contributed by atoms with van der Waals surface area (Å²) >= 11 is 5.88. The van der Waals surface area contributed by atoms with Crippen molar-refractivity contribution in [3.8, 4) is 5.75 Å². The summed E-state index contributed by atoms with van der Waals surface area (Å²) in [7, 11) is 0. The first-order valence-electron chi connectivity index (χ1n) is 7.99. The Hall–Kier alpha value is -0.990. The number of nitrogens with one attached hydrogen (secondary N) is 1. The van der Waals surface area contributed by atoms with Gasteiger partial charge >= 0.3 is 0 Å². The van der Waals surface area contributed by atoms with Crippen molar-refractivity contribution in [1.29, 1.82) is 0 Å². The lowest BCUT2D eigenvalue weighted by Gasteiger charge is -2.19. The van der Waals surface area contributed by atoms with Crippen LogP contribution < -0.4 is 10.1 Å². The standard InChI is InChI=1S/C18H28ClNO/c1-3-5-6-7-8-9-17(20-14-4-2)15-21-18-12-10-16(19)11-13-18/h3,10-13,17,20H,1,4-9,14-15H2,2H3. The molecule has 3 heteroatoms. The predicted molar refractivity (Wildman–Crippen MR) is 92.3 cm³/mol. The summed E-state index contributed by atoms with van der Waals surface area (Å²) in [6, 6.07) is 7.98. The first-order valence-corrected chi connectivity index (χ1v) is 8.36. The molecule has 1 unspecified atom stereocenters. The van der Waals surface area contributed by atoms with Crippen molar-refractivity contribution in [2.45, 2.75) is 51.5 Å². The minimum absolute atomic E-state index is 0.421. The van der Waals surface area contributed by atoms with Crippen LogP contribution in [0.5, 0.6) is 5.75 Å². The van der Waals surface area contributed by atoms with E-state index in [0.717, 1.165) is 36.6 Å². The molecule has 0 heterocycles. The molecule has 1 rings (SSSR count). The maximum Gasteiger partial charge on any atom is 0.119 e. The maximum absolute atomic E-state index is 5.88. The molecule has 0 saturated heterocycles. The molecule has 118 valence electrons. The number of unbranched alkanes of at least 4 members (excludes halogenated alkanes) is 3. The van der Waals surface area contributed by atoms with Crippen molar-refractivity contribution in [1.82, 2.24) is 5.32 Å². The summed E-state index contributed by atoms with van der Waals surface area (Å²) in [5.41, 5.74) is 0. The summed E-state index contributed by atoms with van der Waals surface area (Å²) in [6.45, 7) is 7.70. The molecule has 1 N–H and O–H groups in total. The van der Waals surface area contributed by atoms with Crippen LogP contribution in [-0.4, -0.2) is 19.2 Å². The number of hydrogen-bond acceptors (Lipinski definition) is 2. The number of benzene rings is 1. The van der Waals surface area contributed by atoms with E-state index in [9.17, 15) is 0 Å². The summed E-state index contributed by atoms with van der Waals surface area (Å²) in [5.74, 6) is 0.884. The van der Waals surface area contributed by atoms with Crippen molar-refractivity contribution in [3.63, 3.8) is 0 Å². The molecule has 0 saturated carbocycles. The molecule has 0 aliphatic carbocycles. The fourth-order valence-electron chi connectivity index (χ4n) is 2.18. The van der Waals surface area contributed by atoms with E-state index >= 15 is 0 Å². The predicted octanol–water partition coefficient (Wildman–Crippen LogP) is 5.22. The zero-order valence-electron chi connectivity index (χ0n) is 13.1. The fourth-order valence-corrected chi connectivity index (χ4v) is 2.30. The average Bonchev–Trinajstić information content (AvgIpc) is 2.50. The maximum atomic E-state index is 5.88. The van der Waals surface area contributed by atoms with Gasteiger partial charge in [0.1, 0.15) is 12.4 Å². The van der Waals surface area contributed by atoms with Gasteiger partial charge in [-0.1, -0.05) is 37.4 Å². The van der Waals surface area contributed by atoms with Crippen molar-refractivity contribution in [2.75, 3.05) is 13.2 Å². The van der Waals surface area contributed by atoms with Gasteiger partial charge in [0.05, 0.1) is 0 Å². The molecule has 21 heavy (non-hydrogen) atoms. The molecule has 0 bridgehead atoms. The Morgan fingerprint density at radius 3 is 2.67 bits per heavy atom. The number of ether oxygens (including phenoxy) is 1. The molecule has 0 aliphatic heterocycles. The largest absolute Gasteiger partial charge is 0.492 e. The Morgan fingerprint density at radius 1 is 1.24 bits per heavy atom. The average molecular weight is 310 g/mol. The Bertz CT molecular complexity index is 377. The molecule has 0 amide bonds. The Morgan fingerprint density at radius 2 is 2.00 bits per heavy atom. The van der Waals surface area contributed by atoms with E-state index in [0.29, 0.717) is 12.6 Å². The normalized spacial score (nSPS) is 12.1. The first-order chi connectivity index (χ1) is 10.3. The SMILES string of the molecule is C=CCCCCCC(COc1ccc(Cl)cc1)NCCC. The lowest BCUT2D eigenvalue weighted by molar-refractivity contribution is 0.253. The summed E-state index contributed by atoms with van der Waals surface area (Å²) < 4.78 is 5.86. The third-order valence-corrected chi connectivity index (χ3v) is 3.66. The van der Waals surface area contributed by atoms with Gasteiger partial charge in [0.2, 0.25) is 0 Å². The van der Waals surface area contributed by atoms with Crippen LogP contribution >= 0.6 is 11.6 Å². The molecule has 1 aromatic carbocycles. The van der Waals surface area contributed by atoms with Crippen LogP contribution in [-0.2, 0) is 0 Å². The number of hydrogen-bond donors (Lipinski definition) is 1. The van der Waals surface area contributed by atoms with E-state index in [2.05, 4.69) is 18.8 Å². The van der Waals surface area contributed by atoms with Crippen LogP contribution in [0.25, 0.3) is 0 Å². The highest BCUT2D eigenvalue weighted by molar-refractivity contribution is 6.30. The summed E-state index contributed by atoms with van der Waals surface area (Å²) in [4.78, 5) is 0. The van der Waals surface area contributed by atoms with E-state index in [-0.39, 0.29) is 0 Å². The van der Waals surface area contributed by atoms with Gasteiger partial charge < -0.3 is 10.1 Å². The van der Waals surface area contributed by atoms with Crippen LogP contribution in [0.15, 0.2) is 36.9 Å². The molecule has 0 fully saturated rings. The van der Waals surface area contributed by atoms with Crippen molar-refractivity contribution in [2.24, 2.45) is 0 Å². The Balaban J connectivity index is 2.30. The molecule has 0 aliphatic rings. The molecule has 0 spiro atoms. The molecule has 2 nitrogen and oxygen atoms in total. The van der Waals surface area contributed by atoms with Crippen LogP contribution in [0.2, 0.25) is 5.02 Å². The smallest absolute Gasteiger partial charge is 0.119 e. The topological polar surface area (TPSA) is 21.3 Å². The highest BCUT2D eigenvalue weighted by Gasteiger charge is 2.08. The van der Waals surface area contributed by atoms with Gasteiger partial charge in [-0.15, -0.1) is 6.58 Å². The minimum atomic E-state index is 0.421. The van der Waals surface area contributed by atoms with E-state index in [1.54, 1.807) is 0 Å². The zero-order valence-corrected chi connectivity index (χ0v) is 13.9. The van der Waals surface area contributed by atoms with Gasteiger partial charge in [0.25, 0.3) is 0 Å². The highest BCUT2D eigenvalue weighted by atomic mass is 35.5. The Labute approximate surface area is 134 Å². The van der Waals surface area contributed by atoms with Crippen molar-refractivity contribution < 1.29 is 4.74 Å². The minimum Gasteiger partial charge on any atom is -0.492 e. The van der Waals surface area contributed by atoms with Crippen molar-refractivity contribution >= 4 is 11.6 Å².